The molecule has 0 radical (unpaired) electrons. The first kappa shape index (κ1) is 35.2. The van der Waals surface area contributed by atoms with Crippen LogP contribution in [0.15, 0.2) is 66.9 Å². The molecule has 0 aliphatic heterocycles. The van der Waals surface area contributed by atoms with E-state index < -0.39 is 11.8 Å². The number of aromatic nitrogens is 2. The zero-order valence-corrected chi connectivity index (χ0v) is 26.6. The summed E-state index contributed by atoms with van der Waals surface area (Å²) in [7, 11) is 1.61. The van der Waals surface area contributed by atoms with Gasteiger partial charge in [-0.15, -0.1) is 0 Å². The largest absolute Gasteiger partial charge is 0.505 e. The van der Waals surface area contributed by atoms with Crippen LogP contribution in [0.4, 0.5) is 23.3 Å². The van der Waals surface area contributed by atoms with Crippen molar-refractivity contribution in [2.24, 2.45) is 0 Å². The fourth-order valence-corrected chi connectivity index (χ4v) is 4.23. The molecule has 0 fully saturated rings. The van der Waals surface area contributed by atoms with Crippen molar-refractivity contribution < 1.29 is 28.7 Å². The number of carbonyl (C=O) groups is 4. The van der Waals surface area contributed by atoms with Crippen molar-refractivity contribution in [2.45, 2.75) is 65.2 Å². The number of hydrogen-bond donors (Lipinski definition) is 4. The minimum atomic E-state index is -0.521. The van der Waals surface area contributed by atoms with E-state index in [1.807, 2.05) is 19.9 Å². The van der Waals surface area contributed by atoms with Crippen molar-refractivity contribution >= 4 is 46.9 Å². The molecule has 0 spiro atoms. The fraction of sp³-hybridized carbons (Fsp3) is 0.353. The molecule has 3 aromatic rings. The number of amides is 4. The summed E-state index contributed by atoms with van der Waals surface area (Å²) >= 11 is 0. The summed E-state index contributed by atoms with van der Waals surface area (Å²) in [4.78, 5) is 59.3. The van der Waals surface area contributed by atoms with Crippen molar-refractivity contribution in [2.75, 3.05) is 35.0 Å². The molecule has 0 bridgehead atoms. The van der Waals surface area contributed by atoms with Crippen LogP contribution in [0.3, 0.4) is 0 Å². The molecule has 244 valence electrons. The van der Waals surface area contributed by atoms with Crippen LogP contribution in [-0.2, 0) is 14.3 Å². The fourth-order valence-electron chi connectivity index (χ4n) is 4.23. The Balaban J connectivity index is 1.77. The molecule has 46 heavy (non-hydrogen) atoms. The lowest BCUT2D eigenvalue weighted by Gasteiger charge is -2.13. The third-order valence-electron chi connectivity index (χ3n) is 6.42. The zero-order valence-electron chi connectivity index (χ0n) is 26.6. The van der Waals surface area contributed by atoms with Gasteiger partial charge < -0.3 is 30.7 Å². The number of unbranched alkanes of at least 4 members (excludes halogenated alkanes) is 3. The maximum Gasteiger partial charge on any atom is 0.256 e. The molecule has 0 atom stereocenters. The zero-order chi connectivity index (χ0) is 33.1. The van der Waals surface area contributed by atoms with E-state index in [1.54, 1.807) is 61.9 Å². The molecular weight excluding hydrogens is 588 g/mol. The smallest absolute Gasteiger partial charge is 0.256 e. The Hall–Kier alpha value is -5.26. The Morgan fingerprint density at radius 3 is 1.67 bits per heavy atom. The summed E-state index contributed by atoms with van der Waals surface area (Å²) in [5, 5.41) is 10.9. The first-order chi connectivity index (χ1) is 22.3. The SMILES string of the molecule is CCCC(=O)Nc1cccc(NC(=O)c2cc(OCCCCC/C=C/OC)cc(C(=O)Nc3cccc(NC(=O)CCC)n3)c2)n1. The number of methoxy groups -OCH3 is 1. The number of benzene rings is 1. The molecule has 0 saturated heterocycles. The molecule has 0 aliphatic carbocycles. The normalized spacial score (nSPS) is 10.7. The van der Waals surface area contributed by atoms with Crippen molar-refractivity contribution in [3.8, 4) is 5.75 Å². The second kappa shape index (κ2) is 19.2. The molecule has 0 unspecified atom stereocenters. The van der Waals surface area contributed by atoms with Crippen molar-refractivity contribution in [3.63, 3.8) is 0 Å². The van der Waals surface area contributed by atoms with Gasteiger partial charge in [0.1, 0.15) is 29.0 Å². The average molecular weight is 631 g/mol. The lowest BCUT2D eigenvalue weighted by molar-refractivity contribution is -0.117. The number of nitrogens with one attached hydrogen (secondary N) is 4. The van der Waals surface area contributed by atoms with Crippen molar-refractivity contribution in [1.82, 2.24) is 9.97 Å². The minimum Gasteiger partial charge on any atom is -0.505 e. The Morgan fingerprint density at radius 2 is 1.20 bits per heavy atom. The highest BCUT2D eigenvalue weighted by molar-refractivity contribution is 6.09. The van der Waals surface area contributed by atoms with Crippen LogP contribution in [0.5, 0.6) is 5.75 Å². The minimum absolute atomic E-state index is 0.170. The number of pyridine rings is 2. The Bertz CT molecular complexity index is 1410. The lowest BCUT2D eigenvalue weighted by atomic mass is 10.1. The Morgan fingerprint density at radius 1 is 0.696 bits per heavy atom. The number of hydrogen-bond acceptors (Lipinski definition) is 8. The molecule has 4 N–H and O–H groups in total. The number of nitrogens with zero attached hydrogens (tertiary/aromatic N) is 2. The molecule has 12 heteroatoms. The van der Waals surface area contributed by atoms with E-state index >= 15 is 0 Å². The van der Waals surface area contributed by atoms with E-state index in [9.17, 15) is 19.2 Å². The van der Waals surface area contributed by atoms with Crippen molar-refractivity contribution in [3.05, 3.63) is 78.1 Å². The topological polar surface area (TPSA) is 161 Å². The molecule has 2 aromatic heterocycles. The summed E-state index contributed by atoms with van der Waals surface area (Å²) in [5.74, 6) is 0.0381. The van der Waals surface area contributed by atoms with Gasteiger partial charge in [-0.2, -0.15) is 0 Å². The van der Waals surface area contributed by atoms with Crippen LogP contribution in [0, 0.1) is 0 Å². The van der Waals surface area contributed by atoms with Crippen LogP contribution >= 0.6 is 0 Å². The average Bonchev–Trinajstić information content (AvgIpc) is 3.02. The monoisotopic (exact) mass is 630 g/mol. The van der Waals surface area contributed by atoms with Crippen LogP contribution in [0.1, 0.15) is 85.9 Å². The third-order valence-corrected chi connectivity index (χ3v) is 6.42. The third kappa shape index (κ3) is 12.4. The van der Waals surface area contributed by atoms with Gasteiger partial charge in [-0.25, -0.2) is 9.97 Å². The van der Waals surface area contributed by atoms with Gasteiger partial charge in [0, 0.05) is 24.0 Å². The maximum absolute atomic E-state index is 13.3. The van der Waals surface area contributed by atoms with Gasteiger partial charge in [0.2, 0.25) is 11.8 Å². The number of anilines is 4. The van der Waals surface area contributed by atoms with Crippen LogP contribution < -0.4 is 26.0 Å². The molecule has 0 saturated carbocycles. The Labute approximate surface area is 269 Å². The van der Waals surface area contributed by atoms with Gasteiger partial charge >= 0.3 is 0 Å². The van der Waals surface area contributed by atoms with E-state index in [1.165, 1.54) is 6.07 Å². The van der Waals surface area contributed by atoms with Crippen LogP contribution in [-0.4, -0.2) is 47.3 Å². The summed E-state index contributed by atoms with van der Waals surface area (Å²) in [5.41, 5.74) is 0.339. The van der Waals surface area contributed by atoms with E-state index in [0.717, 1.165) is 25.7 Å². The number of carbonyl (C=O) groups excluding carboxylic acids is 4. The van der Waals surface area contributed by atoms with Crippen molar-refractivity contribution in [1.29, 1.82) is 0 Å². The summed E-state index contributed by atoms with van der Waals surface area (Å²) in [6.07, 6.45) is 9.27. The Kier molecular flexibility index (Phi) is 14.7. The van der Waals surface area contributed by atoms with Gasteiger partial charge in [-0.05, 0) is 87.1 Å². The van der Waals surface area contributed by atoms with E-state index in [-0.39, 0.29) is 34.6 Å². The van der Waals surface area contributed by atoms with E-state index in [2.05, 4.69) is 31.2 Å². The summed E-state index contributed by atoms with van der Waals surface area (Å²) in [6.45, 7) is 4.20. The molecule has 0 aliphatic rings. The van der Waals surface area contributed by atoms with Gasteiger partial charge in [0.25, 0.3) is 11.8 Å². The van der Waals surface area contributed by atoms with E-state index in [0.29, 0.717) is 49.7 Å². The number of allylic oxidation sites excluding steroid dienone is 1. The molecule has 12 nitrogen and oxygen atoms in total. The van der Waals surface area contributed by atoms with Gasteiger partial charge in [-0.3, -0.25) is 19.2 Å². The van der Waals surface area contributed by atoms with Gasteiger partial charge in [-0.1, -0.05) is 26.0 Å². The quantitative estimate of drug-likeness (QED) is 0.0908. The summed E-state index contributed by atoms with van der Waals surface area (Å²) in [6, 6.07) is 14.4. The second-order valence-electron chi connectivity index (χ2n) is 10.4. The lowest BCUT2D eigenvalue weighted by Crippen LogP contribution is -2.18. The highest BCUT2D eigenvalue weighted by Crippen LogP contribution is 2.21. The molecule has 4 amide bonds. The molecular formula is C34H42N6O6. The van der Waals surface area contributed by atoms with E-state index in [4.69, 9.17) is 9.47 Å². The second-order valence-corrected chi connectivity index (χ2v) is 10.4. The number of rotatable bonds is 18. The molecule has 2 heterocycles. The first-order valence-corrected chi connectivity index (χ1v) is 15.4. The van der Waals surface area contributed by atoms with Crippen LogP contribution in [0.2, 0.25) is 0 Å². The highest BCUT2D eigenvalue weighted by atomic mass is 16.5. The van der Waals surface area contributed by atoms with Gasteiger partial charge in [0.15, 0.2) is 0 Å². The maximum atomic E-state index is 13.3. The number of ether oxygens (including phenoxy) is 2. The standard InChI is InChI=1S/C34H42N6O6/c1-4-13-31(41)37-27-15-11-17-29(35-27)39-33(43)24-21-25(23-26(22-24)46-20-10-8-6-7-9-19-45-3)34(44)40-30-18-12-16-28(36-30)38-32(42)14-5-2/h9,11-12,15-19,21-23H,4-8,10,13-14,20H2,1-3H3,(H2,35,37,39,41,43)(H2,36,38,40,42,44)/b19-9+. The summed E-state index contributed by atoms with van der Waals surface area (Å²) < 4.78 is 10.9. The molecule has 1 aromatic carbocycles. The first-order valence-electron chi connectivity index (χ1n) is 15.4. The van der Waals surface area contributed by atoms with Crippen LogP contribution in [0.25, 0.3) is 0 Å². The molecule has 3 rings (SSSR count). The highest BCUT2D eigenvalue weighted by Gasteiger charge is 2.16. The predicted octanol–water partition coefficient (Wildman–Crippen LogP) is 6.56. The predicted molar refractivity (Wildman–Crippen MR) is 178 cm³/mol. The van der Waals surface area contributed by atoms with Gasteiger partial charge in [0.05, 0.1) is 20.0 Å².